The molecule has 2 aromatic rings. The second-order valence-corrected chi connectivity index (χ2v) is 9.10. The predicted molar refractivity (Wildman–Crippen MR) is 116 cm³/mol. The first-order valence-electron chi connectivity index (χ1n) is 10.8. The van der Waals surface area contributed by atoms with Crippen LogP contribution in [0.2, 0.25) is 0 Å². The van der Waals surface area contributed by atoms with E-state index in [4.69, 9.17) is 4.42 Å². The summed E-state index contributed by atoms with van der Waals surface area (Å²) in [4.78, 5) is 37.2. The van der Waals surface area contributed by atoms with Gasteiger partial charge in [-0.2, -0.15) is 0 Å². The van der Waals surface area contributed by atoms with Crippen molar-refractivity contribution in [3.8, 4) is 10.8 Å². The van der Waals surface area contributed by atoms with Crippen LogP contribution in [0.1, 0.15) is 37.6 Å². The van der Waals surface area contributed by atoms with E-state index in [0.717, 1.165) is 43.9 Å². The van der Waals surface area contributed by atoms with Gasteiger partial charge >= 0.3 is 0 Å². The van der Waals surface area contributed by atoms with Gasteiger partial charge in [0.25, 0.3) is 0 Å². The van der Waals surface area contributed by atoms with E-state index in [-0.39, 0.29) is 24.3 Å². The number of carbonyl (C=O) groups excluding carboxylic acids is 2. The Hall–Kier alpha value is -2.19. The second-order valence-electron chi connectivity index (χ2n) is 8.15. The molecule has 0 N–H and O–H groups in total. The van der Waals surface area contributed by atoms with E-state index in [0.29, 0.717) is 30.4 Å². The predicted octanol–water partition coefficient (Wildman–Crippen LogP) is 2.80. The SMILES string of the molecule is Cc1oc(-c2cccs2)nc1CC(=O)N1CCN(C(C)C(=O)N2CCCCC2)CC1. The van der Waals surface area contributed by atoms with Gasteiger partial charge in [0.05, 0.1) is 23.0 Å². The molecule has 2 aromatic heterocycles. The van der Waals surface area contributed by atoms with E-state index in [1.54, 1.807) is 11.3 Å². The lowest BCUT2D eigenvalue weighted by molar-refractivity contribution is -0.139. The molecule has 2 aliphatic heterocycles. The maximum absolute atomic E-state index is 12.8. The standard InChI is InChI=1S/C22H30N4O3S/c1-16(22(28)26-8-4-3-5-9-26)24-10-12-25(13-11-24)20(27)15-18-17(2)29-21(23-18)19-7-6-14-30-19/h6-7,14,16H,3-5,8-13,15H2,1-2H3. The van der Waals surface area contributed by atoms with Gasteiger partial charge in [0.2, 0.25) is 17.7 Å². The van der Waals surface area contributed by atoms with Crippen LogP contribution >= 0.6 is 11.3 Å². The normalized spacial score (nSPS) is 19.1. The minimum absolute atomic E-state index is 0.0683. The molecule has 2 amide bonds. The Kier molecular flexibility index (Phi) is 6.53. The van der Waals surface area contributed by atoms with E-state index in [9.17, 15) is 9.59 Å². The minimum Gasteiger partial charge on any atom is -0.440 e. The number of aryl methyl sites for hydroxylation is 1. The van der Waals surface area contributed by atoms with Gasteiger partial charge in [0.1, 0.15) is 5.76 Å². The molecule has 4 rings (SSSR count). The fourth-order valence-electron chi connectivity index (χ4n) is 4.25. The van der Waals surface area contributed by atoms with Crippen molar-refractivity contribution in [3.63, 3.8) is 0 Å². The van der Waals surface area contributed by atoms with Gasteiger partial charge in [-0.05, 0) is 44.6 Å². The lowest BCUT2D eigenvalue weighted by atomic mass is 10.1. The van der Waals surface area contributed by atoms with E-state index >= 15 is 0 Å². The van der Waals surface area contributed by atoms with Crippen LogP contribution in [-0.4, -0.2) is 76.8 Å². The van der Waals surface area contributed by atoms with Crippen LogP contribution in [0.5, 0.6) is 0 Å². The molecule has 4 heterocycles. The van der Waals surface area contributed by atoms with Crippen LogP contribution < -0.4 is 0 Å². The molecule has 1 atom stereocenters. The summed E-state index contributed by atoms with van der Waals surface area (Å²) in [5.41, 5.74) is 0.708. The maximum Gasteiger partial charge on any atom is 0.239 e. The number of oxazole rings is 1. The summed E-state index contributed by atoms with van der Waals surface area (Å²) in [5.74, 6) is 1.58. The molecule has 0 bridgehead atoms. The summed E-state index contributed by atoms with van der Waals surface area (Å²) in [5, 5.41) is 1.98. The molecule has 7 nitrogen and oxygen atoms in total. The molecule has 0 aliphatic carbocycles. The summed E-state index contributed by atoms with van der Waals surface area (Å²) < 4.78 is 5.76. The third-order valence-corrected chi connectivity index (χ3v) is 7.04. The Morgan fingerprint density at radius 3 is 2.50 bits per heavy atom. The molecule has 8 heteroatoms. The average molecular weight is 431 g/mol. The lowest BCUT2D eigenvalue weighted by Crippen LogP contribution is -2.56. The van der Waals surface area contributed by atoms with Crippen molar-refractivity contribution >= 4 is 23.2 Å². The number of thiophene rings is 1. The van der Waals surface area contributed by atoms with Crippen LogP contribution in [0.15, 0.2) is 21.9 Å². The lowest BCUT2D eigenvalue weighted by Gasteiger charge is -2.39. The largest absolute Gasteiger partial charge is 0.440 e. The van der Waals surface area contributed by atoms with Crippen molar-refractivity contribution in [1.29, 1.82) is 0 Å². The number of carbonyl (C=O) groups is 2. The van der Waals surface area contributed by atoms with Crippen LogP contribution in [0.25, 0.3) is 10.8 Å². The number of likely N-dealkylation sites (tertiary alicyclic amines) is 1. The van der Waals surface area contributed by atoms with Gasteiger partial charge in [0, 0.05) is 39.3 Å². The maximum atomic E-state index is 12.8. The fraction of sp³-hybridized carbons (Fsp3) is 0.591. The Labute approximate surface area is 181 Å². The summed E-state index contributed by atoms with van der Waals surface area (Å²) in [6, 6.07) is 3.81. The second kappa shape index (κ2) is 9.31. The molecule has 2 saturated heterocycles. The van der Waals surface area contributed by atoms with Gasteiger partial charge < -0.3 is 14.2 Å². The zero-order chi connectivity index (χ0) is 21.1. The van der Waals surface area contributed by atoms with Gasteiger partial charge in [-0.3, -0.25) is 14.5 Å². The quantitative estimate of drug-likeness (QED) is 0.730. The number of piperidine rings is 1. The molecular formula is C22H30N4O3S. The molecule has 30 heavy (non-hydrogen) atoms. The first-order chi connectivity index (χ1) is 14.5. The van der Waals surface area contributed by atoms with Crippen LogP contribution in [-0.2, 0) is 16.0 Å². The Morgan fingerprint density at radius 2 is 1.83 bits per heavy atom. The highest BCUT2D eigenvalue weighted by Crippen LogP contribution is 2.26. The van der Waals surface area contributed by atoms with Gasteiger partial charge in [0.15, 0.2) is 0 Å². The van der Waals surface area contributed by atoms with Crippen LogP contribution in [0, 0.1) is 6.92 Å². The molecule has 0 aromatic carbocycles. The van der Waals surface area contributed by atoms with Crippen LogP contribution in [0.3, 0.4) is 0 Å². The number of piperazine rings is 1. The third-order valence-electron chi connectivity index (χ3n) is 6.18. The van der Waals surface area contributed by atoms with E-state index in [2.05, 4.69) is 9.88 Å². The minimum atomic E-state index is -0.119. The number of aromatic nitrogens is 1. The number of amides is 2. The highest BCUT2D eigenvalue weighted by molar-refractivity contribution is 7.13. The molecule has 2 fully saturated rings. The number of hydrogen-bond acceptors (Lipinski definition) is 6. The van der Waals surface area contributed by atoms with Gasteiger partial charge in [-0.25, -0.2) is 4.98 Å². The van der Waals surface area contributed by atoms with E-state index in [1.165, 1.54) is 6.42 Å². The van der Waals surface area contributed by atoms with E-state index in [1.807, 2.05) is 41.2 Å². The molecule has 2 aliphatic rings. The van der Waals surface area contributed by atoms with Crippen molar-refractivity contribution < 1.29 is 14.0 Å². The summed E-state index contributed by atoms with van der Waals surface area (Å²) in [7, 11) is 0. The molecular weight excluding hydrogens is 400 g/mol. The van der Waals surface area contributed by atoms with Gasteiger partial charge in [-0.1, -0.05) is 6.07 Å². The zero-order valence-electron chi connectivity index (χ0n) is 17.8. The monoisotopic (exact) mass is 430 g/mol. The Morgan fingerprint density at radius 1 is 1.10 bits per heavy atom. The van der Waals surface area contributed by atoms with Crippen molar-refractivity contribution in [1.82, 2.24) is 19.7 Å². The van der Waals surface area contributed by atoms with Gasteiger partial charge in [-0.15, -0.1) is 11.3 Å². The van der Waals surface area contributed by atoms with E-state index < -0.39 is 0 Å². The fourth-order valence-corrected chi connectivity index (χ4v) is 4.90. The molecule has 162 valence electrons. The van der Waals surface area contributed by atoms with Crippen molar-refractivity contribution in [2.45, 2.75) is 45.6 Å². The molecule has 1 unspecified atom stereocenters. The first-order valence-corrected chi connectivity index (χ1v) is 11.7. The van der Waals surface area contributed by atoms with Crippen molar-refractivity contribution in [2.24, 2.45) is 0 Å². The summed E-state index contributed by atoms with van der Waals surface area (Å²) >= 11 is 1.57. The number of rotatable bonds is 5. The number of hydrogen-bond donors (Lipinski definition) is 0. The average Bonchev–Trinajstić information content (AvgIpc) is 3.44. The number of nitrogens with zero attached hydrogens (tertiary/aromatic N) is 4. The topological polar surface area (TPSA) is 69.9 Å². The Bertz CT molecular complexity index is 865. The summed E-state index contributed by atoms with van der Waals surface area (Å²) in [6.45, 7) is 8.36. The first kappa shape index (κ1) is 21.1. The highest BCUT2D eigenvalue weighted by Gasteiger charge is 2.30. The van der Waals surface area contributed by atoms with Crippen molar-refractivity contribution in [3.05, 3.63) is 29.0 Å². The zero-order valence-corrected chi connectivity index (χ0v) is 18.6. The highest BCUT2D eigenvalue weighted by atomic mass is 32.1. The molecule has 0 saturated carbocycles. The molecule has 0 radical (unpaired) electrons. The summed E-state index contributed by atoms with van der Waals surface area (Å²) in [6.07, 6.45) is 3.69. The third kappa shape index (κ3) is 4.59. The smallest absolute Gasteiger partial charge is 0.239 e. The van der Waals surface area contributed by atoms with Crippen LogP contribution in [0.4, 0.5) is 0 Å². The molecule has 0 spiro atoms. The Balaban J connectivity index is 1.30. The van der Waals surface area contributed by atoms with Crippen molar-refractivity contribution in [2.75, 3.05) is 39.3 Å².